The van der Waals surface area contributed by atoms with Crippen LogP contribution < -0.4 is 10.6 Å². The molecular weight excluding hydrogens is 242 g/mol. The highest BCUT2D eigenvalue weighted by Crippen LogP contribution is 2.10. The fraction of sp³-hybridized carbons (Fsp3) is 0.231. The van der Waals surface area contributed by atoms with Gasteiger partial charge in [0.15, 0.2) is 0 Å². The Hall–Kier alpha value is -2.50. The Kier molecular flexibility index (Phi) is 4.39. The highest BCUT2D eigenvalue weighted by molar-refractivity contribution is 5.92. The number of hydrogen-bond donors (Lipinski definition) is 2. The van der Waals surface area contributed by atoms with E-state index in [0.29, 0.717) is 23.9 Å². The van der Waals surface area contributed by atoms with Gasteiger partial charge < -0.3 is 10.6 Å². The van der Waals surface area contributed by atoms with E-state index < -0.39 is 0 Å². The van der Waals surface area contributed by atoms with Gasteiger partial charge in [-0.25, -0.2) is 9.97 Å². The number of hydrogen-bond acceptors (Lipinski definition) is 5. The molecule has 0 aliphatic rings. The van der Waals surface area contributed by atoms with Gasteiger partial charge >= 0.3 is 0 Å². The number of anilines is 2. The number of rotatable bonds is 5. The fourth-order valence-corrected chi connectivity index (χ4v) is 1.45. The molecule has 0 radical (unpaired) electrons. The summed E-state index contributed by atoms with van der Waals surface area (Å²) in [5.41, 5.74) is 0.377. The van der Waals surface area contributed by atoms with Crippen LogP contribution in [0.5, 0.6) is 0 Å². The van der Waals surface area contributed by atoms with Crippen molar-refractivity contribution in [2.75, 3.05) is 11.9 Å². The van der Waals surface area contributed by atoms with E-state index >= 15 is 0 Å². The molecule has 6 nitrogen and oxygen atoms in total. The maximum Gasteiger partial charge on any atom is 0.269 e. The lowest BCUT2D eigenvalue weighted by atomic mass is 10.3. The van der Waals surface area contributed by atoms with Gasteiger partial charge in [-0.2, -0.15) is 0 Å². The third-order valence-corrected chi connectivity index (χ3v) is 2.34. The molecule has 6 heteroatoms. The van der Waals surface area contributed by atoms with Gasteiger partial charge in [0.2, 0.25) is 0 Å². The van der Waals surface area contributed by atoms with Gasteiger partial charge in [-0.15, -0.1) is 0 Å². The largest absolute Gasteiger partial charge is 0.351 e. The third kappa shape index (κ3) is 3.74. The molecule has 2 heterocycles. The zero-order chi connectivity index (χ0) is 13.5. The summed E-state index contributed by atoms with van der Waals surface area (Å²) in [7, 11) is 0. The number of nitrogens with zero attached hydrogens (tertiary/aromatic N) is 3. The zero-order valence-corrected chi connectivity index (χ0v) is 10.6. The van der Waals surface area contributed by atoms with Crippen LogP contribution in [0.2, 0.25) is 0 Å². The number of carbonyl (C=O) groups excluding carboxylic acids is 1. The quantitative estimate of drug-likeness (QED) is 0.853. The Morgan fingerprint density at radius 1 is 1.26 bits per heavy atom. The Labute approximate surface area is 111 Å². The number of pyridine rings is 1. The summed E-state index contributed by atoms with van der Waals surface area (Å²) in [5.74, 6) is 0.968. The van der Waals surface area contributed by atoms with Crippen LogP contribution in [0.1, 0.15) is 23.8 Å². The van der Waals surface area contributed by atoms with Gasteiger partial charge in [0.25, 0.3) is 5.91 Å². The van der Waals surface area contributed by atoms with Gasteiger partial charge in [0.05, 0.1) is 6.20 Å². The second-order valence-electron chi connectivity index (χ2n) is 3.88. The molecule has 0 aliphatic heterocycles. The molecule has 19 heavy (non-hydrogen) atoms. The first-order valence-electron chi connectivity index (χ1n) is 6.08. The average molecular weight is 257 g/mol. The van der Waals surface area contributed by atoms with Crippen molar-refractivity contribution in [2.45, 2.75) is 13.3 Å². The highest BCUT2D eigenvalue weighted by atomic mass is 16.1. The number of amides is 1. The van der Waals surface area contributed by atoms with E-state index in [1.165, 1.54) is 0 Å². The summed E-state index contributed by atoms with van der Waals surface area (Å²) in [6.07, 6.45) is 5.65. The van der Waals surface area contributed by atoms with E-state index in [1.54, 1.807) is 36.8 Å². The Morgan fingerprint density at radius 3 is 2.89 bits per heavy atom. The molecule has 0 saturated heterocycles. The minimum absolute atomic E-state index is 0.176. The van der Waals surface area contributed by atoms with Crippen LogP contribution in [0, 0.1) is 0 Å². The van der Waals surface area contributed by atoms with Crippen LogP contribution in [-0.2, 0) is 0 Å². The molecule has 0 unspecified atom stereocenters. The van der Waals surface area contributed by atoms with Crippen LogP contribution >= 0.6 is 0 Å². The second kappa shape index (κ2) is 6.44. The molecule has 0 bridgehead atoms. The predicted octanol–water partition coefficient (Wildman–Crippen LogP) is 1.75. The van der Waals surface area contributed by atoms with Crippen LogP contribution in [0.3, 0.4) is 0 Å². The molecule has 0 aliphatic carbocycles. The van der Waals surface area contributed by atoms with E-state index in [2.05, 4.69) is 25.6 Å². The lowest BCUT2D eigenvalue weighted by molar-refractivity contribution is 0.0949. The first-order chi connectivity index (χ1) is 9.29. The molecule has 0 saturated carbocycles. The maximum absolute atomic E-state index is 11.8. The minimum Gasteiger partial charge on any atom is -0.351 e. The number of carbonyl (C=O) groups is 1. The molecule has 2 N–H and O–H groups in total. The van der Waals surface area contributed by atoms with Crippen molar-refractivity contribution < 1.29 is 4.79 Å². The summed E-state index contributed by atoms with van der Waals surface area (Å²) < 4.78 is 0. The van der Waals surface area contributed by atoms with Crippen molar-refractivity contribution in [3.05, 3.63) is 42.5 Å². The summed E-state index contributed by atoms with van der Waals surface area (Å²) >= 11 is 0. The monoisotopic (exact) mass is 257 g/mol. The van der Waals surface area contributed by atoms with Crippen molar-refractivity contribution in [1.82, 2.24) is 20.3 Å². The fourth-order valence-electron chi connectivity index (χ4n) is 1.45. The summed E-state index contributed by atoms with van der Waals surface area (Å²) in [4.78, 5) is 24.0. The van der Waals surface area contributed by atoms with Crippen molar-refractivity contribution in [3.63, 3.8) is 0 Å². The summed E-state index contributed by atoms with van der Waals surface area (Å²) in [6.45, 7) is 2.64. The van der Waals surface area contributed by atoms with E-state index in [1.807, 2.05) is 6.92 Å². The Balaban J connectivity index is 2.09. The summed E-state index contributed by atoms with van der Waals surface area (Å²) in [5, 5.41) is 5.77. The summed E-state index contributed by atoms with van der Waals surface area (Å²) in [6, 6.07) is 5.21. The molecular formula is C13H15N5O. The van der Waals surface area contributed by atoms with Crippen LogP contribution in [0.25, 0.3) is 0 Å². The molecule has 2 aromatic heterocycles. The Bertz CT molecular complexity index is 544. The van der Waals surface area contributed by atoms with Crippen molar-refractivity contribution in [3.8, 4) is 0 Å². The topological polar surface area (TPSA) is 79.8 Å². The first-order valence-corrected chi connectivity index (χ1v) is 6.08. The van der Waals surface area contributed by atoms with E-state index in [4.69, 9.17) is 0 Å². The van der Waals surface area contributed by atoms with Crippen molar-refractivity contribution in [2.24, 2.45) is 0 Å². The van der Waals surface area contributed by atoms with Crippen LogP contribution in [-0.4, -0.2) is 27.4 Å². The van der Waals surface area contributed by atoms with Crippen molar-refractivity contribution >= 4 is 17.5 Å². The van der Waals surface area contributed by atoms with E-state index in [0.717, 1.165) is 6.42 Å². The van der Waals surface area contributed by atoms with Crippen molar-refractivity contribution in [1.29, 1.82) is 0 Å². The maximum atomic E-state index is 11.8. The van der Waals surface area contributed by atoms with E-state index in [9.17, 15) is 4.79 Å². The smallest absolute Gasteiger partial charge is 0.269 e. The van der Waals surface area contributed by atoms with Gasteiger partial charge in [0, 0.05) is 18.9 Å². The normalized spacial score (nSPS) is 9.95. The van der Waals surface area contributed by atoms with Gasteiger partial charge in [-0.05, 0) is 18.6 Å². The molecule has 0 atom stereocenters. The number of nitrogens with one attached hydrogen (secondary N) is 2. The average Bonchev–Trinajstić information content (AvgIpc) is 2.46. The predicted molar refractivity (Wildman–Crippen MR) is 72.2 cm³/mol. The second-order valence-corrected chi connectivity index (χ2v) is 3.88. The van der Waals surface area contributed by atoms with Crippen LogP contribution in [0.4, 0.5) is 11.6 Å². The van der Waals surface area contributed by atoms with Crippen LogP contribution in [0.15, 0.2) is 36.8 Å². The molecule has 2 rings (SSSR count). The molecule has 0 spiro atoms. The highest BCUT2D eigenvalue weighted by Gasteiger charge is 2.07. The molecule has 0 aromatic carbocycles. The van der Waals surface area contributed by atoms with Gasteiger partial charge in [-0.1, -0.05) is 13.0 Å². The lowest BCUT2D eigenvalue weighted by Crippen LogP contribution is -2.25. The molecule has 98 valence electrons. The molecule has 2 aromatic rings. The zero-order valence-electron chi connectivity index (χ0n) is 10.6. The van der Waals surface area contributed by atoms with E-state index in [-0.39, 0.29) is 5.91 Å². The molecule has 1 amide bonds. The number of aromatic nitrogens is 3. The third-order valence-electron chi connectivity index (χ3n) is 2.34. The van der Waals surface area contributed by atoms with Gasteiger partial charge in [-0.3, -0.25) is 9.78 Å². The Morgan fingerprint density at radius 2 is 2.16 bits per heavy atom. The van der Waals surface area contributed by atoms with Gasteiger partial charge in [0.1, 0.15) is 17.3 Å². The minimum atomic E-state index is -0.176. The standard InChI is InChI=1S/C13H15N5O/c1-2-6-16-13(19)10-4-3-5-11(17-10)18-12-9-14-7-8-15-12/h3-5,7-9H,2,6H2,1H3,(H,16,19)(H,15,17,18). The molecule has 0 fully saturated rings. The SMILES string of the molecule is CCCNC(=O)c1cccc(Nc2cnccn2)n1. The first kappa shape index (κ1) is 12.9. The lowest BCUT2D eigenvalue weighted by Gasteiger charge is -2.06.